The van der Waals surface area contributed by atoms with Crippen molar-refractivity contribution in [2.45, 2.75) is 32.6 Å². The van der Waals surface area contributed by atoms with Crippen molar-refractivity contribution in [2.24, 2.45) is 7.05 Å². The summed E-state index contributed by atoms with van der Waals surface area (Å²) in [4.78, 5) is 4.60. The minimum absolute atomic E-state index is 0.128. The summed E-state index contributed by atoms with van der Waals surface area (Å²) >= 11 is 0. The van der Waals surface area contributed by atoms with E-state index in [0.717, 1.165) is 24.5 Å². The van der Waals surface area contributed by atoms with Crippen molar-refractivity contribution >= 4 is 0 Å². The molecule has 0 aliphatic rings. The largest absolute Gasteiger partial charge is 0.384 e. The maximum absolute atomic E-state index is 5.04. The van der Waals surface area contributed by atoms with Crippen molar-refractivity contribution in [3.63, 3.8) is 0 Å². The molecule has 3 nitrogen and oxygen atoms in total. The average Bonchev–Trinajstić information content (AvgIpc) is 2.43. The van der Waals surface area contributed by atoms with Crippen LogP contribution in [-0.2, 0) is 23.6 Å². The van der Waals surface area contributed by atoms with E-state index in [4.69, 9.17) is 4.74 Å². The van der Waals surface area contributed by atoms with Crippen LogP contribution in [-0.4, -0.2) is 23.3 Å². The summed E-state index contributed by atoms with van der Waals surface area (Å²) in [6.45, 7) is 7.26. The van der Waals surface area contributed by atoms with E-state index >= 15 is 0 Å². The number of nitrogens with zero attached hydrogens (tertiary/aromatic N) is 2. The first kappa shape index (κ1) is 11.2. The van der Waals surface area contributed by atoms with E-state index in [1.54, 1.807) is 7.11 Å². The zero-order chi connectivity index (χ0) is 10.8. The topological polar surface area (TPSA) is 27.1 Å². The molecule has 0 fully saturated rings. The first-order chi connectivity index (χ1) is 6.45. The first-order valence-electron chi connectivity index (χ1n) is 4.97. The van der Waals surface area contributed by atoms with E-state index in [1.807, 2.05) is 7.05 Å². The fourth-order valence-electron chi connectivity index (χ4n) is 1.29. The highest BCUT2D eigenvalue weighted by atomic mass is 16.5. The van der Waals surface area contributed by atoms with Crippen LogP contribution in [0.3, 0.4) is 0 Å². The Labute approximate surface area is 86.1 Å². The number of methoxy groups -OCH3 is 1. The van der Waals surface area contributed by atoms with Gasteiger partial charge in [0.2, 0.25) is 0 Å². The molecule has 0 saturated carbocycles. The van der Waals surface area contributed by atoms with Crippen LogP contribution >= 0.6 is 0 Å². The summed E-state index contributed by atoms with van der Waals surface area (Å²) in [7, 11) is 3.75. The van der Waals surface area contributed by atoms with Gasteiger partial charge in [0.1, 0.15) is 5.82 Å². The van der Waals surface area contributed by atoms with Crippen LogP contribution < -0.4 is 0 Å². The van der Waals surface area contributed by atoms with Crippen molar-refractivity contribution in [1.82, 2.24) is 9.55 Å². The minimum atomic E-state index is 0.128. The lowest BCUT2D eigenvalue weighted by Crippen LogP contribution is -2.11. The molecule has 0 atom stereocenters. The van der Waals surface area contributed by atoms with Crippen LogP contribution in [0.15, 0.2) is 6.20 Å². The molecule has 0 saturated heterocycles. The van der Waals surface area contributed by atoms with E-state index in [2.05, 4.69) is 36.5 Å². The molecular weight excluding hydrogens is 176 g/mol. The first-order valence-corrected chi connectivity index (χ1v) is 4.97. The predicted molar refractivity (Wildman–Crippen MR) is 57.5 cm³/mol. The molecule has 80 valence electrons. The van der Waals surface area contributed by atoms with Gasteiger partial charge in [-0.15, -0.1) is 0 Å². The van der Waals surface area contributed by atoms with Gasteiger partial charge in [-0.3, -0.25) is 0 Å². The Kier molecular flexibility index (Phi) is 3.32. The molecule has 1 aromatic rings. The predicted octanol–water partition coefficient (Wildman–Crippen LogP) is 1.91. The number of aromatic nitrogens is 2. The second-order valence-corrected chi connectivity index (χ2v) is 4.65. The Hall–Kier alpha value is -0.830. The van der Waals surface area contributed by atoms with Gasteiger partial charge in [0, 0.05) is 32.2 Å². The van der Waals surface area contributed by atoms with E-state index in [1.165, 1.54) is 0 Å². The molecule has 0 aliphatic heterocycles. The van der Waals surface area contributed by atoms with Gasteiger partial charge in [-0.25, -0.2) is 4.98 Å². The smallest absolute Gasteiger partial charge is 0.111 e. The maximum atomic E-state index is 5.04. The summed E-state index contributed by atoms with van der Waals surface area (Å²) < 4.78 is 7.13. The van der Waals surface area contributed by atoms with Gasteiger partial charge in [0.05, 0.1) is 12.3 Å². The van der Waals surface area contributed by atoms with Crippen molar-refractivity contribution < 1.29 is 4.74 Å². The lowest BCUT2D eigenvalue weighted by atomic mass is 9.93. The highest BCUT2D eigenvalue weighted by molar-refractivity contribution is 5.13. The van der Waals surface area contributed by atoms with Crippen LogP contribution in [0.1, 0.15) is 32.3 Å². The summed E-state index contributed by atoms with van der Waals surface area (Å²) in [6.07, 6.45) is 2.98. The third-order valence-electron chi connectivity index (χ3n) is 2.27. The van der Waals surface area contributed by atoms with Crippen molar-refractivity contribution in [1.29, 1.82) is 0 Å². The monoisotopic (exact) mass is 196 g/mol. The van der Waals surface area contributed by atoms with Crippen LogP contribution in [0.4, 0.5) is 0 Å². The third-order valence-corrected chi connectivity index (χ3v) is 2.27. The van der Waals surface area contributed by atoms with Crippen LogP contribution in [0.5, 0.6) is 0 Å². The molecule has 1 rings (SSSR count). The Bertz CT molecular complexity index is 297. The van der Waals surface area contributed by atoms with Gasteiger partial charge in [0.15, 0.2) is 0 Å². The van der Waals surface area contributed by atoms with Crippen molar-refractivity contribution in [2.75, 3.05) is 13.7 Å². The Morgan fingerprint density at radius 2 is 2.07 bits per heavy atom. The van der Waals surface area contributed by atoms with Crippen LogP contribution in [0.2, 0.25) is 0 Å². The molecule has 1 aromatic heterocycles. The molecule has 0 aliphatic carbocycles. The highest BCUT2D eigenvalue weighted by Crippen LogP contribution is 2.20. The van der Waals surface area contributed by atoms with E-state index < -0.39 is 0 Å². The van der Waals surface area contributed by atoms with Crippen LogP contribution in [0.25, 0.3) is 0 Å². The lowest BCUT2D eigenvalue weighted by molar-refractivity contribution is 0.200. The zero-order valence-electron chi connectivity index (χ0n) is 9.79. The quantitative estimate of drug-likeness (QED) is 0.738. The average molecular weight is 196 g/mol. The fourth-order valence-corrected chi connectivity index (χ4v) is 1.29. The third kappa shape index (κ3) is 2.58. The second kappa shape index (κ2) is 4.13. The maximum Gasteiger partial charge on any atom is 0.111 e. The molecule has 0 amide bonds. The molecule has 3 heteroatoms. The van der Waals surface area contributed by atoms with Crippen molar-refractivity contribution in [3.05, 3.63) is 17.7 Å². The summed E-state index contributed by atoms with van der Waals surface area (Å²) in [6, 6.07) is 0. The summed E-state index contributed by atoms with van der Waals surface area (Å²) in [5.41, 5.74) is 1.27. The van der Waals surface area contributed by atoms with Crippen molar-refractivity contribution in [3.8, 4) is 0 Å². The summed E-state index contributed by atoms with van der Waals surface area (Å²) in [5.74, 6) is 1.09. The molecular formula is C11H20N2O. The Morgan fingerprint density at radius 3 is 2.50 bits per heavy atom. The standard InChI is InChI=1S/C11H20N2O/c1-11(2,3)9-8-13(4)10(12-9)6-7-14-5/h8H,6-7H2,1-5H3. The number of hydrogen-bond donors (Lipinski definition) is 0. The fraction of sp³-hybridized carbons (Fsp3) is 0.727. The highest BCUT2D eigenvalue weighted by Gasteiger charge is 2.18. The van der Waals surface area contributed by atoms with Gasteiger partial charge in [-0.1, -0.05) is 20.8 Å². The number of rotatable bonds is 3. The Balaban J connectivity index is 2.82. The summed E-state index contributed by atoms with van der Waals surface area (Å²) in [5, 5.41) is 0. The SMILES string of the molecule is COCCc1nc(C(C)(C)C)cn1C. The van der Waals surface area contributed by atoms with E-state index in [9.17, 15) is 0 Å². The van der Waals surface area contributed by atoms with Gasteiger partial charge in [0.25, 0.3) is 0 Å². The van der Waals surface area contributed by atoms with Gasteiger partial charge in [-0.2, -0.15) is 0 Å². The molecule has 0 aromatic carbocycles. The lowest BCUT2D eigenvalue weighted by Gasteiger charge is -2.13. The molecule has 1 heterocycles. The van der Waals surface area contributed by atoms with Gasteiger partial charge in [-0.05, 0) is 0 Å². The molecule has 0 bridgehead atoms. The number of aryl methyl sites for hydroxylation is 1. The molecule has 0 radical (unpaired) electrons. The van der Waals surface area contributed by atoms with Crippen LogP contribution in [0, 0.1) is 0 Å². The normalized spacial score (nSPS) is 12.1. The van der Waals surface area contributed by atoms with Gasteiger partial charge < -0.3 is 9.30 Å². The van der Waals surface area contributed by atoms with Gasteiger partial charge >= 0.3 is 0 Å². The molecule has 14 heavy (non-hydrogen) atoms. The minimum Gasteiger partial charge on any atom is -0.384 e. The molecule has 0 unspecified atom stereocenters. The number of imidazole rings is 1. The molecule has 0 spiro atoms. The van der Waals surface area contributed by atoms with E-state index in [0.29, 0.717) is 0 Å². The number of hydrogen-bond acceptors (Lipinski definition) is 2. The second-order valence-electron chi connectivity index (χ2n) is 4.65. The Morgan fingerprint density at radius 1 is 1.43 bits per heavy atom. The number of ether oxygens (including phenoxy) is 1. The zero-order valence-corrected chi connectivity index (χ0v) is 9.79. The van der Waals surface area contributed by atoms with E-state index in [-0.39, 0.29) is 5.41 Å². The molecule has 0 N–H and O–H groups in total.